The Hall–Kier alpha value is -0.420. The first kappa shape index (κ1) is 13.6. The molecule has 1 aliphatic rings. The van der Waals surface area contributed by atoms with Gasteiger partial charge >= 0.3 is 0 Å². The Morgan fingerprint density at radius 3 is 2.38 bits per heavy atom. The number of sulfonamides is 1. The van der Waals surface area contributed by atoms with E-state index in [0.717, 1.165) is 6.42 Å². The molecule has 1 heterocycles. The van der Waals surface area contributed by atoms with Gasteiger partial charge in [0.2, 0.25) is 10.0 Å². The normalized spacial score (nSPS) is 24.8. The summed E-state index contributed by atoms with van der Waals surface area (Å²) in [6.45, 7) is 7.71. The molecule has 16 heavy (non-hydrogen) atoms. The Bertz CT molecular complexity index is 367. The maximum atomic E-state index is 12.2. The van der Waals surface area contributed by atoms with Gasteiger partial charge in [0.1, 0.15) is 5.78 Å². The van der Waals surface area contributed by atoms with Gasteiger partial charge in [-0.2, -0.15) is 0 Å². The Kier molecular flexibility index (Phi) is 3.80. The number of carbonyl (C=O) groups is 1. The van der Waals surface area contributed by atoms with E-state index in [-0.39, 0.29) is 11.7 Å². The van der Waals surface area contributed by atoms with Crippen LogP contribution in [0.2, 0.25) is 0 Å². The highest BCUT2D eigenvalue weighted by Crippen LogP contribution is 2.25. The predicted molar refractivity (Wildman–Crippen MR) is 63.7 cm³/mol. The molecule has 0 aromatic carbocycles. The van der Waals surface area contributed by atoms with Crippen LogP contribution in [0.4, 0.5) is 0 Å². The summed E-state index contributed by atoms with van der Waals surface area (Å²) in [5.74, 6) is 0.0775. The summed E-state index contributed by atoms with van der Waals surface area (Å²) in [6.07, 6.45) is 1.07. The molecule has 0 spiro atoms. The summed E-state index contributed by atoms with van der Waals surface area (Å²) in [5, 5.41) is 0. The second-order valence-corrected chi connectivity index (χ2v) is 7.99. The van der Waals surface area contributed by atoms with Crippen LogP contribution in [-0.4, -0.2) is 36.3 Å². The van der Waals surface area contributed by atoms with Crippen molar-refractivity contribution in [3.63, 3.8) is 0 Å². The first-order valence-electron chi connectivity index (χ1n) is 5.72. The molecule has 5 heteroatoms. The number of nitrogens with zero attached hydrogens (tertiary/aromatic N) is 1. The fourth-order valence-electron chi connectivity index (χ4n) is 1.84. The predicted octanol–water partition coefficient (Wildman–Crippen LogP) is 1.42. The third-order valence-corrected chi connectivity index (χ3v) is 5.65. The molecule has 1 rings (SSSR count). The summed E-state index contributed by atoms with van der Waals surface area (Å²) >= 11 is 0. The molecule has 0 aromatic rings. The van der Waals surface area contributed by atoms with Gasteiger partial charge in [0.05, 0.1) is 4.75 Å². The van der Waals surface area contributed by atoms with Gasteiger partial charge in [0.15, 0.2) is 0 Å². The fraction of sp³-hybridized carbons (Fsp3) is 0.909. The van der Waals surface area contributed by atoms with E-state index < -0.39 is 14.8 Å². The molecule has 0 amide bonds. The third kappa shape index (κ3) is 2.46. The van der Waals surface area contributed by atoms with Gasteiger partial charge in [-0.05, 0) is 27.2 Å². The highest BCUT2D eigenvalue weighted by Gasteiger charge is 2.39. The van der Waals surface area contributed by atoms with Gasteiger partial charge in [0, 0.05) is 25.4 Å². The van der Waals surface area contributed by atoms with Gasteiger partial charge in [-0.1, -0.05) is 6.92 Å². The maximum Gasteiger partial charge on any atom is 0.219 e. The second-order valence-electron chi connectivity index (χ2n) is 5.30. The second kappa shape index (κ2) is 4.45. The first-order valence-corrected chi connectivity index (χ1v) is 7.16. The van der Waals surface area contributed by atoms with Crippen LogP contribution in [0, 0.1) is 5.92 Å². The largest absolute Gasteiger partial charge is 0.299 e. The van der Waals surface area contributed by atoms with Crippen LogP contribution < -0.4 is 0 Å². The van der Waals surface area contributed by atoms with Crippen molar-refractivity contribution >= 4 is 15.8 Å². The lowest BCUT2D eigenvalue weighted by atomic mass is 9.96. The molecule has 0 radical (unpaired) electrons. The molecule has 0 N–H and O–H groups in total. The average molecular weight is 247 g/mol. The number of rotatable bonds is 2. The molecular formula is C11H21NO3S. The molecule has 1 unspecified atom stereocenters. The lowest BCUT2D eigenvalue weighted by Crippen LogP contribution is -2.49. The minimum absolute atomic E-state index is 0.120. The van der Waals surface area contributed by atoms with Gasteiger partial charge in [-0.15, -0.1) is 0 Å². The van der Waals surface area contributed by atoms with E-state index in [9.17, 15) is 13.2 Å². The maximum absolute atomic E-state index is 12.2. The molecule has 1 aliphatic heterocycles. The van der Waals surface area contributed by atoms with Crippen molar-refractivity contribution in [2.75, 3.05) is 13.1 Å². The number of Topliss-reactive ketones (excluding diaryl/α,β-unsaturated/α-hetero) is 1. The van der Waals surface area contributed by atoms with Crippen molar-refractivity contribution in [3.8, 4) is 0 Å². The molecule has 1 saturated heterocycles. The number of carbonyl (C=O) groups excluding carboxylic acids is 1. The lowest BCUT2D eigenvalue weighted by molar-refractivity contribution is -0.125. The number of piperidine rings is 1. The van der Waals surface area contributed by atoms with Crippen molar-refractivity contribution in [3.05, 3.63) is 0 Å². The molecule has 94 valence electrons. The SMILES string of the molecule is CCC1CN(S(=O)(=O)C(C)(C)C)CCC1=O. The number of hydrogen-bond acceptors (Lipinski definition) is 3. The molecule has 0 aromatic heterocycles. The van der Waals surface area contributed by atoms with Crippen LogP contribution >= 0.6 is 0 Å². The van der Waals surface area contributed by atoms with Crippen molar-refractivity contribution in [2.24, 2.45) is 5.92 Å². The highest BCUT2D eigenvalue weighted by atomic mass is 32.2. The van der Waals surface area contributed by atoms with Gasteiger partial charge in [-0.3, -0.25) is 4.79 Å². The van der Waals surface area contributed by atoms with Crippen LogP contribution in [0.3, 0.4) is 0 Å². The zero-order valence-electron chi connectivity index (χ0n) is 10.5. The first-order chi connectivity index (χ1) is 7.20. The van der Waals surface area contributed by atoms with Gasteiger partial charge in [0.25, 0.3) is 0 Å². The van der Waals surface area contributed by atoms with Gasteiger partial charge in [-0.25, -0.2) is 12.7 Å². The molecule has 0 aliphatic carbocycles. The molecule has 1 atom stereocenters. The summed E-state index contributed by atoms with van der Waals surface area (Å²) in [5.41, 5.74) is 0. The Morgan fingerprint density at radius 2 is 1.94 bits per heavy atom. The smallest absolute Gasteiger partial charge is 0.219 e. The van der Waals surface area contributed by atoms with E-state index in [1.54, 1.807) is 20.8 Å². The summed E-state index contributed by atoms with van der Waals surface area (Å²) in [7, 11) is -3.28. The van der Waals surface area contributed by atoms with Gasteiger partial charge < -0.3 is 0 Å². The minimum atomic E-state index is -3.28. The monoisotopic (exact) mass is 247 g/mol. The summed E-state index contributed by atoms with van der Waals surface area (Å²) in [6, 6.07) is 0. The third-order valence-electron chi connectivity index (χ3n) is 3.09. The van der Waals surface area contributed by atoms with E-state index >= 15 is 0 Å². The summed E-state index contributed by atoms with van der Waals surface area (Å²) in [4.78, 5) is 11.5. The standard InChI is InChI=1S/C11H21NO3S/c1-5-9-8-12(7-6-10(9)13)16(14,15)11(2,3)4/h9H,5-8H2,1-4H3. The van der Waals surface area contributed by atoms with Crippen LogP contribution in [0.25, 0.3) is 0 Å². The summed E-state index contributed by atoms with van der Waals surface area (Å²) < 4.78 is 25.1. The van der Waals surface area contributed by atoms with E-state index in [1.807, 2.05) is 6.92 Å². The van der Waals surface area contributed by atoms with E-state index in [0.29, 0.717) is 19.5 Å². The van der Waals surface area contributed by atoms with E-state index in [1.165, 1.54) is 4.31 Å². The molecule has 1 fully saturated rings. The Morgan fingerprint density at radius 1 is 1.38 bits per heavy atom. The van der Waals surface area contributed by atoms with E-state index in [4.69, 9.17) is 0 Å². The zero-order chi connectivity index (χ0) is 12.6. The van der Waals surface area contributed by atoms with Crippen LogP contribution in [-0.2, 0) is 14.8 Å². The molecular weight excluding hydrogens is 226 g/mol. The van der Waals surface area contributed by atoms with Crippen molar-refractivity contribution in [2.45, 2.75) is 45.3 Å². The minimum Gasteiger partial charge on any atom is -0.299 e. The Labute approximate surface area is 98.1 Å². The Balaban J connectivity index is 2.89. The van der Waals surface area contributed by atoms with Crippen molar-refractivity contribution in [1.82, 2.24) is 4.31 Å². The topological polar surface area (TPSA) is 54.5 Å². The fourth-order valence-corrected chi connectivity index (χ4v) is 3.32. The molecule has 4 nitrogen and oxygen atoms in total. The number of hydrogen-bond donors (Lipinski definition) is 0. The molecule has 0 bridgehead atoms. The number of ketones is 1. The highest BCUT2D eigenvalue weighted by molar-refractivity contribution is 7.90. The lowest BCUT2D eigenvalue weighted by Gasteiger charge is -2.35. The van der Waals surface area contributed by atoms with E-state index in [2.05, 4.69) is 0 Å². The van der Waals surface area contributed by atoms with Crippen LogP contribution in [0.5, 0.6) is 0 Å². The van der Waals surface area contributed by atoms with Crippen LogP contribution in [0.1, 0.15) is 40.5 Å². The average Bonchev–Trinajstić information content (AvgIpc) is 2.16. The quantitative estimate of drug-likeness (QED) is 0.741. The zero-order valence-corrected chi connectivity index (χ0v) is 11.3. The molecule has 0 saturated carbocycles. The van der Waals surface area contributed by atoms with Crippen LogP contribution in [0.15, 0.2) is 0 Å². The van der Waals surface area contributed by atoms with Crippen molar-refractivity contribution in [1.29, 1.82) is 0 Å². The van der Waals surface area contributed by atoms with Crippen molar-refractivity contribution < 1.29 is 13.2 Å².